The second-order valence-corrected chi connectivity index (χ2v) is 7.50. The van der Waals surface area contributed by atoms with Gasteiger partial charge in [-0.3, -0.25) is 0 Å². The van der Waals surface area contributed by atoms with Crippen LogP contribution in [0.2, 0.25) is 0 Å². The van der Waals surface area contributed by atoms with Crippen LogP contribution in [0.3, 0.4) is 0 Å². The van der Waals surface area contributed by atoms with E-state index in [0.717, 1.165) is 0 Å². The number of para-hydroxylation sites is 2. The summed E-state index contributed by atoms with van der Waals surface area (Å²) in [4.78, 5) is 0.211. The van der Waals surface area contributed by atoms with Crippen LogP contribution in [-0.4, -0.2) is 46.1 Å². The van der Waals surface area contributed by atoms with Crippen molar-refractivity contribution in [2.45, 2.75) is 11.0 Å². The molecule has 2 aromatic carbocycles. The van der Waals surface area contributed by atoms with Gasteiger partial charge in [-0.05, 0) is 36.4 Å². The van der Waals surface area contributed by atoms with Crippen LogP contribution in [0.4, 0.5) is 0 Å². The average Bonchev–Trinajstić information content (AvgIpc) is 2.61. The van der Waals surface area contributed by atoms with Crippen molar-refractivity contribution in [1.82, 2.24) is 4.31 Å². The van der Waals surface area contributed by atoms with Crippen LogP contribution in [0.5, 0.6) is 17.2 Å². The van der Waals surface area contributed by atoms with E-state index in [9.17, 15) is 8.42 Å². The molecule has 0 aliphatic carbocycles. The highest BCUT2D eigenvalue weighted by Crippen LogP contribution is 2.31. The van der Waals surface area contributed by atoms with Crippen LogP contribution < -0.4 is 14.2 Å². The Kier molecular flexibility index (Phi) is 4.64. The van der Waals surface area contributed by atoms with Crippen LogP contribution in [0.1, 0.15) is 0 Å². The molecule has 7 heteroatoms. The Bertz CT molecular complexity index is 804. The third-order valence-electron chi connectivity index (χ3n) is 3.80. The topological polar surface area (TPSA) is 65.1 Å². The monoisotopic (exact) mass is 349 g/mol. The fraction of sp³-hybridized carbons (Fsp3) is 0.294. The number of sulfonamides is 1. The molecule has 1 aliphatic heterocycles. The lowest BCUT2D eigenvalue weighted by atomic mass is 10.2. The van der Waals surface area contributed by atoms with E-state index in [1.165, 1.54) is 30.6 Å². The number of hydrogen-bond donors (Lipinski definition) is 0. The summed E-state index contributed by atoms with van der Waals surface area (Å²) in [6.45, 7) is 0.502. The Morgan fingerprint density at radius 3 is 2.46 bits per heavy atom. The molecule has 1 atom stereocenters. The molecule has 0 amide bonds. The maximum atomic E-state index is 12.6. The van der Waals surface area contributed by atoms with Crippen molar-refractivity contribution < 1.29 is 22.6 Å². The molecule has 6 nitrogen and oxygen atoms in total. The number of ether oxygens (including phenoxy) is 3. The summed E-state index contributed by atoms with van der Waals surface area (Å²) in [7, 11) is -0.532. The van der Waals surface area contributed by atoms with Gasteiger partial charge >= 0.3 is 0 Å². The highest BCUT2D eigenvalue weighted by Gasteiger charge is 2.28. The zero-order valence-electron chi connectivity index (χ0n) is 13.5. The lowest BCUT2D eigenvalue weighted by molar-refractivity contribution is 0.0798. The minimum absolute atomic E-state index is 0.197. The predicted molar refractivity (Wildman–Crippen MR) is 89.2 cm³/mol. The first-order valence-corrected chi connectivity index (χ1v) is 8.93. The van der Waals surface area contributed by atoms with Gasteiger partial charge in [-0.1, -0.05) is 12.1 Å². The van der Waals surface area contributed by atoms with Crippen molar-refractivity contribution in [2.24, 2.45) is 0 Å². The summed E-state index contributed by atoms with van der Waals surface area (Å²) in [6.07, 6.45) is -0.363. The number of nitrogens with zero attached hydrogens (tertiary/aromatic N) is 1. The van der Waals surface area contributed by atoms with E-state index in [4.69, 9.17) is 14.2 Å². The summed E-state index contributed by atoms with van der Waals surface area (Å²) in [5.41, 5.74) is 0. The van der Waals surface area contributed by atoms with E-state index >= 15 is 0 Å². The number of rotatable bonds is 5. The van der Waals surface area contributed by atoms with Crippen LogP contribution in [0.15, 0.2) is 53.4 Å². The maximum absolute atomic E-state index is 12.6. The van der Waals surface area contributed by atoms with Gasteiger partial charge in [0.2, 0.25) is 10.0 Å². The number of fused-ring (bicyclic) bond motifs is 1. The van der Waals surface area contributed by atoms with Gasteiger partial charge in [-0.25, -0.2) is 8.42 Å². The van der Waals surface area contributed by atoms with Crippen LogP contribution >= 0.6 is 0 Å². The van der Waals surface area contributed by atoms with E-state index in [1.807, 2.05) is 18.2 Å². The molecule has 0 saturated heterocycles. The molecule has 128 valence electrons. The smallest absolute Gasteiger partial charge is 0.242 e. The minimum Gasteiger partial charge on any atom is -0.497 e. The van der Waals surface area contributed by atoms with Crippen molar-refractivity contribution in [1.29, 1.82) is 0 Å². The van der Waals surface area contributed by atoms with Gasteiger partial charge in [0.05, 0.1) is 18.6 Å². The Morgan fingerprint density at radius 1 is 1.12 bits per heavy atom. The Balaban J connectivity index is 1.71. The quantitative estimate of drug-likeness (QED) is 0.828. The minimum atomic E-state index is -3.60. The lowest BCUT2D eigenvalue weighted by Crippen LogP contribution is -2.41. The fourth-order valence-corrected chi connectivity index (χ4v) is 3.67. The van der Waals surface area contributed by atoms with Crippen LogP contribution in [0, 0.1) is 0 Å². The molecule has 24 heavy (non-hydrogen) atoms. The van der Waals surface area contributed by atoms with E-state index in [0.29, 0.717) is 23.9 Å². The van der Waals surface area contributed by atoms with E-state index in [1.54, 1.807) is 18.2 Å². The molecule has 3 rings (SSSR count). The number of methoxy groups -OCH3 is 1. The molecule has 0 saturated carbocycles. The number of likely N-dealkylation sites (N-methyl/N-ethyl adjacent to an activating group) is 1. The SMILES string of the molecule is COc1ccc(S(=O)(=O)N(C)C[C@H]2COc3ccccc3O2)cc1. The van der Waals surface area contributed by atoms with Gasteiger partial charge in [-0.2, -0.15) is 4.31 Å². The van der Waals surface area contributed by atoms with Gasteiger partial charge in [0.1, 0.15) is 18.5 Å². The highest BCUT2D eigenvalue weighted by molar-refractivity contribution is 7.89. The molecule has 1 aliphatic rings. The first kappa shape index (κ1) is 16.6. The van der Waals surface area contributed by atoms with Gasteiger partial charge in [-0.15, -0.1) is 0 Å². The second kappa shape index (κ2) is 6.70. The lowest BCUT2D eigenvalue weighted by Gasteiger charge is -2.29. The Labute approximate surface area is 141 Å². The summed E-state index contributed by atoms with van der Waals surface area (Å²) < 4.78 is 43.0. The van der Waals surface area contributed by atoms with Crippen LogP contribution in [-0.2, 0) is 10.0 Å². The molecule has 0 unspecified atom stereocenters. The van der Waals surface area contributed by atoms with Crippen molar-refractivity contribution in [3.05, 3.63) is 48.5 Å². The molecular weight excluding hydrogens is 330 g/mol. The summed E-state index contributed by atoms with van der Waals surface area (Å²) in [5.74, 6) is 1.91. The molecule has 1 heterocycles. The van der Waals surface area contributed by atoms with E-state index < -0.39 is 10.0 Å². The standard InChI is InChI=1S/C17H19NO5S/c1-18(24(19,20)15-9-7-13(21-2)8-10-15)11-14-12-22-16-5-3-4-6-17(16)23-14/h3-10,14H,11-12H2,1-2H3/t14-/m0/s1. The van der Waals surface area contributed by atoms with Gasteiger partial charge in [0.25, 0.3) is 0 Å². The molecule has 0 aromatic heterocycles. The number of hydrogen-bond acceptors (Lipinski definition) is 5. The zero-order valence-corrected chi connectivity index (χ0v) is 14.3. The van der Waals surface area contributed by atoms with E-state index in [-0.39, 0.29) is 17.5 Å². The molecule has 0 radical (unpaired) electrons. The average molecular weight is 349 g/mol. The van der Waals surface area contributed by atoms with Crippen LogP contribution in [0.25, 0.3) is 0 Å². The highest BCUT2D eigenvalue weighted by atomic mass is 32.2. The fourth-order valence-electron chi connectivity index (χ4n) is 2.47. The van der Waals surface area contributed by atoms with Gasteiger partial charge in [0.15, 0.2) is 11.5 Å². The van der Waals surface area contributed by atoms with Crippen molar-refractivity contribution >= 4 is 10.0 Å². The molecule has 0 N–H and O–H groups in total. The predicted octanol–water partition coefficient (Wildman–Crippen LogP) is 2.16. The van der Waals surface area contributed by atoms with Crippen molar-refractivity contribution in [2.75, 3.05) is 27.3 Å². The Hall–Kier alpha value is -2.25. The van der Waals surface area contributed by atoms with Gasteiger partial charge in [0, 0.05) is 7.05 Å². The largest absolute Gasteiger partial charge is 0.497 e. The second-order valence-electron chi connectivity index (χ2n) is 5.46. The van der Waals surface area contributed by atoms with E-state index in [2.05, 4.69) is 0 Å². The third kappa shape index (κ3) is 3.32. The zero-order chi connectivity index (χ0) is 17.2. The van der Waals surface area contributed by atoms with Gasteiger partial charge < -0.3 is 14.2 Å². The molecule has 0 spiro atoms. The molecule has 0 bridgehead atoms. The summed E-state index contributed by atoms with van der Waals surface area (Å²) in [5, 5.41) is 0. The molecule has 0 fully saturated rings. The maximum Gasteiger partial charge on any atom is 0.242 e. The third-order valence-corrected chi connectivity index (χ3v) is 5.63. The summed E-state index contributed by atoms with van der Waals surface area (Å²) >= 11 is 0. The first-order chi connectivity index (χ1) is 11.5. The normalized spacial score (nSPS) is 16.9. The molecule has 2 aromatic rings. The number of benzene rings is 2. The Morgan fingerprint density at radius 2 is 1.79 bits per heavy atom. The first-order valence-electron chi connectivity index (χ1n) is 7.49. The van der Waals surface area contributed by atoms with Crippen molar-refractivity contribution in [3.63, 3.8) is 0 Å². The molecular formula is C17H19NO5S. The van der Waals surface area contributed by atoms with Crippen molar-refractivity contribution in [3.8, 4) is 17.2 Å². The summed E-state index contributed by atoms with van der Waals surface area (Å²) in [6, 6.07) is 13.6.